The number of carbonyl (C=O) groups is 1. The highest BCUT2D eigenvalue weighted by atomic mass is 35.5. The van der Waals surface area contributed by atoms with Crippen LogP contribution in [0.25, 0.3) is 0 Å². The van der Waals surface area contributed by atoms with E-state index in [2.05, 4.69) is 15.4 Å². The van der Waals surface area contributed by atoms with Gasteiger partial charge in [0.25, 0.3) is 0 Å². The number of nitrogens with zero attached hydrogens (tertiary/aromatic N) is 3. The first-order valence-corrected chi connectivity index (χ1v) is 7.93. The van der Waals surface area contributed by atoms with Crippen LogP contribution in [0.15, 0.2) is 29.4 Å². The molecule has 0 unspecified atom stereocenters. The molecule has 6 nitrogen and oxygen atoms in total. The van der Waals surface area contributed by atoms with Crippen LogP contribution < -0.4 is 5.43 Å². The Kier molecular flexibility index (Phi) is 8.16. The van der Waals surface area contributed by atoms with Gasteiger partial charge < -0.3 is 14.5 Å². The van der Waals surface area contributed by atoms with Crippen LogP contribution in [0.1, 0.15) is 12.5 Å². The van der Waals surface area contributed by atoms with E-state index in [0.717, 1.165) is 25.2 Å². The fourth-order valence-corrected chi connectivity index (χ4v) is 2.34. The topological polar surface area (TPSA) is 57.2 Å². The van der Waals surface area contributed by atoms with E-state index < -0.39 is 17.7 Å². The Bertz CT molecular complexity index is 632. The summed E-state index contributed by atoms with van der Waals surface area (Å²) in [6, 6.07) is 4.64. The molecule has 1 N–H and O–H groups in total. The van der Waals surface area contributed by atoms with Gasteiger partial charge in [-0.2, -0.15) is 13.2 Å². The second-order valence-corrected chi connectivity index (χ2v) is 5.64. The number of carbonyl (C=O) groups excluding carboxylic acids is 1. The highest BCUT2D eigenvalue weighted by Crippen LogP contribution is 2.30. The van der Waals surface area contributed by atoms with E-state index in [0.29, 0.717) is 13.1 Å². The molecule has 0 bridgehead atoms. The van der Waals surface area contributed by atoms with Crippen molar-refractivity contribution < 1.29 is 22.7 Å². The van der Waals surface area contributed by atoms with Gasteiger partial charge in [-0.15, -0.1) is 17.5 Å². The number of ether oxygens (including phenoxy) is 1. The molecule has 146 valence electrons. The number of benzene rings is 1. The van der Waals surface area contributed by atoms with Crippen LogP contribution in [0.3, 0.4) is 0 Å². The lowest BCUT2D eigenvalue weighted by Gasteiger charge is -2.33. The molecule has 0 aromatic heterocycles. The Morgan fingerprint density at radius 3 is 2.50 bits per heavy atom. The minimum absolute atomic E-state index is 0. The minimum atomic E-state index is -4.44. The van der Waals surface area contributed by atoms with E-state index in [9.17, 15) is 18.0 Å². The number of hydrogen-bond donors (Lipinski definition) is 1. The van der Waals surface area contributed by atoms with Gasteiger partial charge in [-0.05, 0) is 32.2 Å². The van der Waals surface area contributed by atoms with E-state index in [-0.39, 0.29) is 30.5 Å². The summed E-state index contributed by atoms with van der Waals surface area (Å²) in [5.74, 6) is -0.543. The van der Waals surface area contributed by atoms with Crippen molar-refractivity contribution in [3.05, 3.63) is 29.8 Å². The van der Waals surface area contributed by atoms with Crippen molar-refractivity contribution in [3.63, 3.8) is 0 Å². The number of amidine groups is 1. The first-order valence-electron chi connectivity index (χ1n) is 7.93. The molecule has 1 heterocycles. The molecule has 26 heavy (non-hydrogen) atoms. The summed E-state index contributed by atoms with van der Waals surface area (Å²) in [5, 5.41) is 4.02. The molecule has 1 fully saturated rings. The summed E-state index contributed by atoms with van der Waals surface area (Å²) >= 11 is 0. The number of esters is 1. The Morgan fingerprint density at radius 1 is 1.27 bits per heavy atom. The quantitative estimate of drug-likeness (QED) is 0.370. The van der Waals surface area contributed by atoms with Crippen molar-refractivity contribution >= 4 is 29.9 Å². The molecule has 1 aromatic carbocycles. The van der Waals surface area contributed by atoms with Gasteiger partial charge >= 0.3 is 12.1 Å². The average Bonchev–Trinajstić information content (AvgIpc) is 2.56. The number of alkyl halides is 3. The van der Waals surface area contributed by atoms with Crippen molar-refractivity contribution in [2.45, 2.75) is 13.1 Å². The molecule has 1 aliphatic heterocycles. The lowest BCUT2D eigenvalue weighted by molar-refractivity contribution is -0.138. The molecular formula is C16H22ClF3N4O2. The molecule has 0 saturated carbocycles. The van der Waals surface area contributed by atoms with Crippen molar-refractivity contribution in [1.29, 1.82) is 0 Å². The normalized spacial score (nSPS) is 16.0. The van der Waals surface area contributed by atoms with E-state index in [1.165, 1.54) is 12.1 Å². The monoisotopic (exact) mass is 394 g/mol. The summed E-state index contributed by atoms with van der Waals surface area (Å²) < 4.78 is 43.3. The average molecular weight is 395 g/mol. The number of piperazine rings is 1. The summed E-state index contributed by atoms with van der Waals surface area (Å²) in [6.45, 7) is 4.54. The van der Waals surface area contributed by atoms with Gasteiger partial charge in [0.2, 0.25) is 5.84 Å². The summed E-state index contributed by atoms with van der Waals surface area (Å²) in [5.41, 5.74) is 1.89. The lowest BCUT2D eigenvalue weighted by Crippen LogP contribution is -2.50. The Hall–Kier alpha value is -2.00. The zero-order valence-electron chi connectivity index (χ0n) is 14.5. The van der Waals surface area contributed by atoms with Gasteiger partial charge in [0, 0.05) is 26.2 Å². The fraction of sp³-hybridized carbons (Fsp3) is 0.500. The van der Waals surface area contributed by atoms with E-state index in [1.807, 2.05) is 7.05 Å². The van der Waals surface area contributed by atoms with E-state index in [4.69, 9.17) is 4.74 Å². The van der Waals surface area contributed by atoms with Crippen molar-refractivity contribution in [2.24, 2.45) is 5.10 Å². The van der Waals surface area contributed by atoms with Crippen molar-refractivity contribution in [2.75, 3.05) is 45.3 Å². The smallest absolute Gasteiger partial charge is 0.416 e. The number of halogens is 4. The van der Waals surface area contributed by atoms with Gasteiger partial charge in [-0.3, -0.25) is 5.43 Å². The van der Waals surface area contributed by atoms with Crippen LogP contribution in [0.2, 0.25) is 0 Å². The van der Waals surface area contributed by atoms with Gasteiger partial charge in [-0.25, -0.2) is 4.79 Å². The van der Waals surface area contributed by atoms with Crippen LogP contribution in [-0.4, -0.2) is 61.4 Å². The molecule has 0 radical (unpaired) electrons. The van der Waals surface area contributed by atoms with Crippen LogP contribution in [0.4, 0.5) is 18.9 Å². The number of hydrazone groups is 1. The maximum Gasteiger partial charge on any atom is 0.416 e. The Balaban J connectivity index is 0.00000338. The molecular weight excluding hydrogens is 373 g/mol. The Labute approximate surface area is 156 Å². The molecule has 0 atom stereocenters. The van der Waals surface area contributed by atoms with Crippen LogP contribution in [-0.2, 0) is 15.7 Å². The predicted molar refractivity (Wildman–Crippen MR) is 95.5 cm³/mol. The van der Waals surface area contributed by atoms with Crippen LogP contribution in [0.5, 0.6) is 0 Å². The van der Waals surface area contributed by atoms with Gasteiger partial charge in [0.15, 0.2) is 0 Å². The molecule has 0 spiro atoms. The van der Waals surface area contributed by atoms with E-state index in [1.54, 1.807) is 11.8 Å². The van der Waals surface area contributed by atoms with Gasteiger partial charge in [-0.1, -0.05) is 6.07 Å². The highest BCUT2D eigenvalue weighted by molar-refractivity contribution is 6.35. The molecule has 0 amide bonds. The number of nitrogens with one attached hydrogen (secondary N) is 1. The zero-order chi connectivity index (χ0) is 18.4. The lowest BCUT2D eigenvalue weighted by atomic mass is 10.2. The maximum absolute atomic E-state index is 12.8. The Morgan fingerprint density at radius 2 is 1.92 bits per heavy atom. The number of hydrogen-bond acceptors (Lipinski definition) is 5. The first kappa shape index (κ1) is 22.0. The van der Waals surface area contributed by atoms with Crippen LogP contribution in [0, 0.1) is 0 Å². The van der Waals surface area contributed by atoms with Crippen molar-refractivity contribution in [1.82, 2.24) is 9.80 Å². The zero-order valence-corrected chi connectivity index (χ0v) is 15.4. The standard InChI is InChI=1S/C16H21F3N4O2.ClH/c1-3-25-15(24)14(23-9-7-22(2)8-10-23)21-20-13-6-4-5-12(11-13)16(17,18)19;/h4-6,11,20H,3,7-10H2,1-2H3;1H/b21-14+;. The minimum Gasteiger partial charge on any atom is -0.460 e. The second-order valence-electron chi connectivity index (χ2n) is 5.64. The van der Waals surface area contributed by atoms with Crippen molar-refractivity contribution in [3.8, 4) is 0 Å². The van der Waals surface area contributed by atoms with E-state index >= 15 is 0 Å². The highest BCUT2D eigenvalue weighted by Gasteiger charge is 2.30. The number of rotatable bonds is 3. The largest absolute Gasteiger partial charge is 0.460 e. The molecule has 2 rings (SSSR count). The fourth-order valence-electron chi connectivity index (χ4n) is 2.34. The third-order valence-corrected chi connectivity index (χ3v) is 3.74. The molecule has 10 heteroatoms. The maximum atomic E-state index is 12.8. The summed E-state index contributed by atoms with van der Waals surface area (Å²) in [4.78, 5) is 16.0. The summed E-state index contributed by atoms with van der Waals surface area (Å²) in [7, 11) is 1.97. The molecule has 1 aromatic rings. The number of anilines is 1. The molecule has 1 aliphatic rings. The summed E-state index contributed by atoms with van der Waals surface area (Å²) in [6.07, 6.45) is -4.44. The molecule has 0 aliphatic carbocycles. The predicted octanol–water partition coefficient (Wildman–Crippen LogP) is 2.66. The SMILES string of the molecule is CCOC(=O)/C(=N\Nc1cccc(C(F)(F)F)c1)N1CCN(C)CC1.Cl. The third-order valence-electron chi connectivity index (χ3n) is 3.74. The first-order chi connectivity index (χ1) is 11.8. The number of likely N-dealkylation sites (N-methyl/N-ethyl adjacent to an activating group) is 1. The van der Waals surface area contributed by atoms with Gasteiger partial charge in [0.1, 0.15) is 0 Å². The second kappa shape index (κ2) is 9.63. The third kappa shape index (κ3) is 6.06. The van der Waals surface area contributed by atoms with Crippen LogP contribution >= 0.6 is 12.4 Å². The molecule has 1 saturated heterocycles. The van der Waals surface area contributed by atoms with Gasteiger partial charge in [0.05, 0.1) is 17.9 Å².